The summed E-state index contributed by atoms with van der Waals surface area (Å²) < 4.78 is 121. The standard InChI is InChI=1S/C8H9BF2O2.C6H4F2O.C6H4F2.C6H3F2.C3H9BO3.CH4O.CH3.2Li/c1-12-9(13-2)7-5-6(10)3-4-8(7)11;7-4-1-2-5(8)6(9)3-4;2*7-5-1-2-6(8)4-3-5;1-5-4(6-2)7-3;1-2;;;/h3-5H,1-2H3;1-3,9H;1-4H;1-3H;1-3H3;2H,1H3;1H3;;/q;;;-1;;;-1;2*+1. The minimum atomic E-state index is -0.865. The largest absolute Gasteiger partial charge is 1.00 e. The molecule has 0 heterocycles. The van der Waals surface area contributed by atoms with Gasteiger partial charge in [0.1, 0.15) is 29.1 Å². The van der Waals surface area contributed by atoms with Crippen molar-refractivity contribution in [3.63, 3.8) is 0 Å². The molecular weight excluding hydrogens is 672 g/mol. The quantitative estimate of drug-likeness (QED) is 0.170. The molecule has 50 heavy (non-hydrogen) atoms. The Labute approximate surface area is 312 Å². The van der Waals surface area contributed by atoms with E-state index in [-0.39, 0.29) is 50.6 Å². The second-order valence-electron chi connectivity index (χ2n) is 7.85. The Hall–Kier alpha value is -2.80. The molecule has 0 aliphatic rings. The Morgan fingerprint density at radius 2 is 0.900 bits per heavy atom. The maximum atomic E-state index is 13.1. The number of aromatic hydroxyl groups is 1. The molecule has 0 unspecified atom stereocenters. The van der Waals surface area contributed by atoms with E-state index >= 15 is 0 Å². The number of hydrogen-bond acceptors (Lipinski definition) is 7. The number of phenols is 1. The average molecular weight is 708 g/mol. The monoisotopic (exact) mass is 708 g/mol. The molecule has 7 nitrogen and oxygen atoms in total. The zero-order chi connectivity index (χ0) is 36.4. The van der Waals surface area contributed by atoms with Crippen LogP contribution in [-0.2, 0) is 23.3 Å². The first-order valence-corrected chi connectivity index (χ1v) is 12.7. The van der Waals surface area contributed by atoms with E-state index in [1.807, 2.05) is 0 Å². The molecule has 0 aliphatic carbocycles. The van der Waals surface area contributed by atoms with Crippen molar-refractivity contribution >= 4 is 19.9 Å². The van der Waals surface area contributed by atoms with E-state index in [0.29, 0.717) is 0 Å². The summed E-state index contributed by atoms with van der Waals surface area (Å²) in [5, 5.41) is 15.5. The fourth-order valence-corrected chi connectivity index (χ4v) is 2.64. The Balaban J connectivity index is -0.000000167. The second-order valence-corrected chi connectivity index (χ2v) is 7.85. The number of phenolic OH excluding ortho intramolecular Hbond substituents is 1. The Kier molecular flexibility index (Phi) is 39.2. The fourth-order valence-electron chi connectivity index (χ4n) is 2.64. The Bertz CT molecular complexity index is 1270. The normalized spacial score (nSPS) is 8.70. The Morgan fingerprint density at radius 1 is 0.520 bits per heavy atom. The number of rotatable bonds is 6. The summed E-state index contributed by atoms with van der Waals surface area (Å²) in [6.07, 6.45) is 0. The third kappa shape index (κ3) is 27.0. The molecule has 0 aliphatic heterocycles. The van der Waals surface area contributed by atoms with E-state index in [2.05, 4.69) is 20.0 Å². The third-order valence-electron chi connectivity index (χ3n) is 4.67. The molecule has 4 aromatic carbocycles. The molecule has 266 valence electrons. The SMILES string of the molecule is CO.COB(OC)OC.COB(OC)c1cc(F)ccc1F.Fc1[c-]cc(F)cc1.Fc1ccc(F)cc1.Oc1cc(F)ccc1F.[CH3-].[Li+].[Li+]. The van der Waals surface area contributed by atoms with Crippen molar-refractivity contribution in [2.24, 2.45) is 0 Å². The van der Waals surface area contributed by atoms with Gasteiger partial charge in [-0.15, -0.1) is 24.3 Å². The maximum absolute atomic E-state index is 13.1. The molecule has 4 rings (SSSR count). The van der Waals surface area contributed by atoms with Crippen molar-refractivity contribution in [2.75, 3.05) is 42.7 Å². The van der Waals surface area contributed by atoms with Crippen molar-refractivity contribution in [2.45, 2.75) is 0 Å². The van der Waals surface area contributed by atoms with Crippen LogP contribution in [0.5, 0.6) is 5.75 Å². The predicted octanol–water partition coefficient (Wildman–Crippen LogP) is 0.330. The zero-order valence-electron chi connectivity index (χ0n) is 29.1. The van der Waals surface area contributed by atoms with Crippen molar-refractivity contribution in [3.8, 4) is 5.75 Å². The zero-order valence-corrected chi connectivity index (χ0v) is 29.1. The molecule has 2 N–H and O–H groups in total. The van der Waals surface area contributed by atoms with Crippen molar-refractivity contribution < 1.29 is 106 Å². The van der Waals surface area contributed by atoms with Crippen molar-refractivity contribution in [1.29, 1.82) is 0 Å². The summed E-state index contributed by atoms with van der Waals surface area (Å²) in [4.78, 5) is 0. The van der Waals surface area contributed by atoms with E-state index in [4.69, 9.17) is 19.5 Å². The van der Waals surface area contributed by atoms with Gasteiger partial charge in [-0.25, -0.2) is 30.7 Å². The van der Waals surface area contributed by atoms with Crippen LogP contribution in [0.25, 0.3) is 0 Å². The van der Waals surface area contributed by atoms with E-state index in [1.54, 1.807) is 0 Å². The molecule has 0 saturated carbocycles. The van der Waals surface area contributed by atoms with Crippen LogP contribution < -0.4 is 43.2 Å². The van der Waals surface area contributed by atoms with Crippen LogP contribution in [0.2, 0.25) is 0 Å². The van der Waals surface area contributed by atoms with Crippen LogP contribution in [0.4, 0.5) is 35.1 Å². The van der Waals surface area contributed by atoms with Crippen molar-refractivity contribution in [3.05, 3.63) is 139 Å². The van der Waals surface area contributed by atoms with Gasteiger partial charge >= 0.3 is 52.2 Å². The van der Waals surface area contributed by atoms with Crippen LogP contribution in [0.3, 0.4) is 0 Å². The summed E-state index contributed by atoms with van der Waals surface area (Å²) in [5.41, 5.74) is 0.0602. The van der Waals surface area contributed by atoms with Crippen LogP contribution in [0, 0.1) is 60.0 Å². The van der Waals surface area contributed by atoms with Gasteiger partial charge in [0.2, 0.25) is 0 Å². The van der Waals surface area contributed by atoms with Gasteiger partial charge < -0.3 is 40.9 Å². The number of halogens is 8. The topological polar surface area (TPSA) is 86.6 Å². The summed E-state index contributed by atoms with van der Waals surface area (Å²) >= 11 is 0. The van der Waals surface area contributed by atoms with Crippen LogP contribution in [0.1, 0.15) is 0 Å². The second kappa shape index (κ2) is 34.6. The molecular formula is C31H36B2F8Li2O7. The molecule has 0 saturated heterocycles. The van der Waals surface area contributed by atoms with E-state index in [0.717, 1.165) is 86.0 Å². The molecule has 0 atom stereocenters. The summed E-state index contributed by atoms with van der Waals surface area (Å²) in [5.74, 6) is -5.00. The van der Waals surface area contributed by atoms with Crippen LogP contribution in [-0.4, -0.2) is 67.3 Å². The molecule has 4 aromatic rings. The third-order valence-corrected chi connectivity index (χ3v) is 4.67. The molecule has 0 amide bonds. The average Bonchev–Trinajstić information content (AvgIpc) is 3.07. The number of hydrogen-bond donors (Lipinski definition) is 2. The van der Waals surface area contributed by atoms with Gasteiger partial charge in [0.15, 0.2) is 11.6 Å². The summed E-state index contributed by atoms with van der Waals surface area (Å²) in [6.45, 7) is 0. The van der Waals surface area contributed by atoms with Gasteiger partial charge in [0, 0.05) is 65.8 Å². The molecule has 0 fully saturated rings. The van der Waals surface area contributed by atoms with Gasteiger partial charge in [0.05, 0.1) is 0 Å². The molecule has 0 spiro atoms. The van der Waals surface area contributed by atoms with Gasteiger partial charge in [-0.3, -0.25) is 4.39 Å². The number of benzene rings is 4. The van der Waals surface area contributed by atoms with Crippen LogP contribution >= 0.6 is 0 Å². The van der Waals surface area contributed by atoms with E-state index < -0.39 is 66.7 Å². The minimum absolute atomic E-state index is 0. The number of aliphatic hydroxyl groups excluding tert-OH is 1. The fraction of sp³-hybridized carbons (Fsp3) is 0.194. The van der Waals surface area contributed by atoms with Gasteiger partial charge in [0.25, 0.3) is 0 Å². The maximum Gasteiger partial charge on any atom is 1.00 e. The molecule has 19 heteroatoms. The first-order valence-electron chi connectivity index (χ1n) is 12.7. The van der Waals surface area contributed by atoms with E-state index in [9.17, 15) is 35.1 Å². The van der Waals surface area contributed by atoms with Gasteiger partial charge in [-0.05, 0) is 54.6 Å². The van der Waals surface area contributed by atoms with Gasteiger partial charge in [-0.1, -0.05) is 0 Å². The van der Waals surface area contributed by atoms with Crippen LogP contribution in [0.15, 0.2) is 78.9 Å². The first-order chi connectivity index (χ1) is 22.3. The molecule has 0 aromatic heterocycles. The predicted molar refractivity (Wildman–Crippen MR) is 167 cm³/mol. The van der Waals surface area contributed by atoms with Gasteiger partial charge in [-0.2, -0.15) is 0 Å². The molecule has 0 radical (unpaired) electrons. The smallest absolute Gasteiger partial charge is 0.505 e. The van der Waals surface area contributed by atoms with E-state index in [1.165, 1.54) is 35.5 Å². The Morgan fingerprint density at radius 3 is 1.20 bits per heavy atom. The minimum Gasteiger partial charge on any atom is -0.505 e. The first kappa shape index (κ1) is 56.6. The summed E-state index contributed by atoms with van der Waals surface area (Å²) in [6, 6.07) is 15.0. The summed E-state index contributed by atoms with van der Waals surface area (Å²) in [7, 11) is 6.88. The number of aliphatic hydroxyl groups is 1. The molecule has 0 bridgehead atoms. The van der Waals surface area contributed by atoms with Crippen molar-refractivity contribution in [1.82, 2.24) is 0 Å².